The van der Waals surface area contributed by atoms with Gasteiger partial charge in [-0.1, -0.05) is 55.8 Å². The van der Waals surface area contributed by atoms with E-state index in [4.69, 9.17) is 0 Å². The van der Waals surface area contributed by atoms with Gasteiger partial charge in [0.15, 0.2) is 0 Å². The van der Waals surface area contributed by atoms with Crippen LogP contribution in [0.3, 0.4) is 0 Å². The third-order valence-electron chi connectivity index (χ3n) is 4.33. The molecule has 0 aromatic heterocycles. The van der Waals surface area contributed by atoms with Gasteiger partial charge in [0, 0.05) is 4.47 Å². The molecule has 0 atom stereocenters. The van der Waals surface area contributed by atoms with Crippen molar-refractivity contribution in [3.63, 3.8) is 0 Å². The summed E-state index contributed by atoms with van der Waals surface area (Å²) >= 11 is 3.83. The third-order valence-corrected chi connectivity index (χ3v) is 5.16. The fourth-order valence-electron chi connectivity index (χ4n) is 3.03. The van der Waals surface area contributed by atoms with Gasteiger partial charge in [-0.15, -0.1) is 0 Å². The zero-order chi connectivity index (χ0) is 14.8. The van der Waals surface area contributed by atoms with Crippen molar-refractivity contribution in [2.24, 2.45) is 0 Å². The summed E-state index contributed by atoms with van der Waals surface area (Å²) in [7, 11) is 0. The largest absolute Gasteiger partial charge is 0.0765 e. The van der Waals surface area contributed by atoms with Crippen LogP contribution < -0.4 is 0 Å². The van der Waals surface area contributed by atoms with Gasteiger partial charge in [0.2, 0.25) is 0 Å². The first-order chi connectivity index (χ1) is 10.2. The summed E-state index contributed by atoms with van der Waals surface area (Å²) < 4.78 is 1.24. The van der Waals surface area contributed by atoms with E-state index >= 15 is 0 Å². The van der Waals surface area contributed by atoms with Crippen LogP contribution in [-0.2, 0) is 12.8 Å². The minimum Gasteiger partial charge on any atom is -0.0765 e. The molecular weight excluding hydrogens is 320 g/mol. The molecule has 1 aliphatic carbocycles. The normalized spacial score (nSPS) is 13.2. The predicted molar refractivity (Wildman–Crippen MR) is 95.5 cm³/mol. The van der Waals surface area contributed by atoms with Gasteiger partial charge in [-0.2, -0.15) is 0 Å². The van der Waals surface area contributed by atoms with Crippen LogP contribution >= 0.6 is 15.9 Å². The van der Waals surface area contributed by atoms with Gasteiger partial charge in [-0.3, -0.25) is 0 Å². The molecule has 0 unspecified atom stereocenters. The Balaban J connectivity index is 1.94. The maximum atomic E-state index is 3.83. The lowest BCUT2D eigenvalue weighted by Gasteiger charge is -2.12. The Hall–Kier alpha value is -1.34. The second kappa shape index (κ2) is 6.19. The molecule has 0 heterocycles. The Labute approximate surface area is 136 Å². The number of hydrogen-bond donors (Lipinski definition) is 0. The van der Waals surface area contributed by atoms with E-state index in [1.54, 1.807) is 0 Å². The van der Waals surface area contributed by atoms with Crippen LogP contribution in [0.4, 0.5) is 0 Å². The first-order valence-corrected chi connectivity index (χ1v) is 8.58. The maximum absolute atomic E-state index is 3.83. The monoisotopic (exact) mass is 340 g/mol. The highest BCUT2D eigenvalue weighted by Gasteiger charge is 2.17. The zero-order valence-electron chi connectivity index (χ0n) is 12.7. The van der Waals surface area contributed by atoms with Gasteiger partial charge in [0.25, 0.3) is 0 Å². The van der Waals surface area contributed by atoms with E-state index in [9.17, 15) is 0 Å². The number of benzene rings is 2. The van der Waals surface area contributed by atoms with Crippen molar-refractivity contribution in [1.29, 1.82) is 0 Å². The molecule has 0 saturated carbocycles. The van der Waals surface area contributed by atoms with E-state index in [0.29, 0.717) is 0 Å². The maximum Gasteiger partial charge on any atom is 0.0331 e. The molecular formula is C20H21Br. The average Bonchev–Trinajstić information content (AvgIpc) is 2.88. The van der Waals surface area contributed by atoms with Gasteiger partial charge >= 0.3 is 0 Å². The van der Waals surface area contributed by atoms with Crippen molar-refractivity contribution in [2.45, 2.75) is 39.5 Å². The lowest BCUT2D eigenvalue weighted by Crippen LogP contribution is -1.90. The molecule has 2 aromatic carbocycles. The molecule has 0 spiro atoms. The predicted octanol–water partition coefficient (Wildman–Crippen LogP) is 6.42. The molecule has 1 heteroatoms. The van der Waals surface area contributed by atoms with Crippen molar-refractivity contribution in [2.75, 3.05) is 0 Å². The molecule has 0 aliphatic heterocycles. The average molecular weight is 341 g/mol. The molecule has 21 heavy (non-hydrogen) atoms. The molecule has 3 rings (SSSR count). The molecule has 2 aromatic rings. The molecule has 0 N–H and O–H groups in total. The number of unbranched alkanes of at least 4 members (excludes halogenated alkanes) is 1. The third kappa shape index (κ3) is 2.85. The number of halogens is 1. The minimum atomic E-state index is 1.07. The fraction of sp³-hybridized carbons (Fsp3) is 0.300. The highest BCUT2D eigenvalue weighted by Crippen LogP contribution is 2.39. The van der Waals surface area contributed by atoms with Crippen LogP contribution in [0.2, 0.25) is 0 Å². The molecule has 0 saturated heterocycles. The molecule has 0 bridgehead atoms. The summed E-state index contributed by atoms with van der Waals surface area (Å²) in [5.74, 6) is 0. The van der Waals surface area contributed by atoms with Gasteiger partial charge in [0.1, 0.15) is 0 Å². The zero-order valence-corrected chi connectivity index (χ0v) is 14.3. The molecule has 1 aliphatic rings. The van der Waals surface area contributed by atoms with Gasteiger partial charge in [-0.25, -0.2) is 0 Å². The fourth-order valence-corrected chi connectivity index (χ4v) is 3.96. The first kappa shape index (κ1) is 14.6. The van der Waals surface area contributed by atoms with Crippen molar-refractivity contribution >= 4 is 21.5 Å². The van der Waals surface area contributed by atoms with E-state index in [-0.39, 0.29) is 0 Å². The molecule has 0 nitrogen and oxygen atoms in total. The van der Waals surface area contributed by atoms with Crippen LogP contribution in [0.5, 0.6) is 0 Å². The summed E-state index contributed by atoms with van der Waals surface area (Å²) in [6.07, 6.45) is 7.09. The van der Waals surface area contributed by atoms with Gasteiger partial charge in [-0.05, 0) is 75.5 Å². The Morgan fingerprint density at radius 2 is 1.81 bits per heavy atom. The summed E-state index contributed by atoms with van der Waals surface area (Å²) in [6, 6.07) is 13.6. The topological polar surface area (TPSA) is 0 Å². The summed E-state index contributed by atoms with van der Waals surface area (Å²) in [4.78, 5) is 0. The lowest BCUT2D eigenvalue weighted by atomic mass is 9.97. The van der Waals surface area contributed by atoms with E-state index in [2.05, 4.69) is 72.3 Å². The van der Waals surface area contributed by atoms with E-state index < -0.39 is 0 Å². The van der Waals surface area contributed by atoms with Crippen molar-refractivity contribution in [3.05, 3.63) is 63.6 Å². The quantitative estimate of drug-likeness (QED) is 0.602. The smallest absolute Gasteiger partial charge is 0.0331 e. The van der Waals surface area contributed by atoms with Crippen LogP contribution in [0.1, 0.15) is 43.4 Å². The number of aryl methyl sites for hydroxylation is 1. The minimum absolute atomic E-state index is 1.07. The summed E-state index contributed by atoms with van der Waals surface area (Å²) in [5, 5.41) is 0. The van der Waals surface area contributed by atoms with Crippen molar-refractivity contribution in [3.8, 4) is 11.1 Å². The Morgan fingerprint density at radius 1 is 1.05 bits per heavy atom. The number of allylic oxidation sites excluding steroid dienone is 2. The molecule has 0 amide bonds. The molecule has 0 fully saturated rings. The summed E-state index contributed by atoms with van der Waals surface area (Å²) in [6.45, 7) is 4.44. The Kier molecular flexibility index (Phi) is 4.30. The van der Waals surface area contributed by atoms with Crippen LogP contribution in [-0.4, -0.2) is 0 Å². The van der Waals surface area contributed by atoms with E-state index in [1.807, 2.05) is 0 Å². The first-order valence-electron chi connectivity index (χ1n) is 7.78. The number of rotatable bonds is 4. The highest BCUT2D eigenvalue weighted by atomic mass is 79.9. The van der Waals surface area contributed by atoms with Crippen molar-refractivity contribution in [1.82, 2.24) is 0 Å². The molecule has 0 radical (unpaired) electrons. The van der Waals surface area contributed by atoms with Crippen LogP contribution in [0, 0.1) is 0 Å². The molecule has 108 valence electrons. The highest BCUT2D eigenvalue weighted by molar-refractivity contribution is 9.10. The lowest BCUT2D eigenvalue weighted by molar-refractivity contribution is 0.795. The van der Waals surface area contributed by atoms with Gasteiger partial charge in [0.05, 0.1) is 0 Å². The number of fused-ring (bicyclic) bond motifs is 1. The summed E-state index contributed by atoms with van der Waals surface area (Å²) in [5.41, 5.74) is 8.24. The second-order valence-electron chi connectivity index (χ2n) is 5.85. The Morgan fingerprint density at radius 3 is 2.52 bits per heavy atom. The van der Waals surface area contributed by atoms with Gasteiger partial charge < -0.3 is 0 Å². The van der Waals surface area contributed by atoms with Crippen molar-refractivity contribution < 1.29 is 0 Å². The van der Waals surface area contributed by atoms with Crippen LogP contribution in [0.25, 0.3) is 16.7 Å². The van der Waals surface area contributed by atoms with E-state index in [0.717, 1.165) is 6.42 Å². The standard InChI is InChI=1S/C20H21Br/c1-3-4-5-15-7-10-16(11-8-15)18-13-12-17-9-6-14(2)19(17)20(18)21/h6-8,10-13H,3-5,9H2,1-2H3. The van der Waals surface area contributed by atoms with E-state index in [1.165, 1.54) is 57.1 Å². The number of hydrogen-bond acceptors (Lipinski definition) is 0. The van der Waals surface area contributed by atoms with Crippen LogP contribution in [0.15, 0.2) is 46.9 Å². The Bertz CT molecular complexity index is 678. The second-order valence-corrected chi connectivity index (χ2v) is 6.65. The SMILES string of the molecule is CCCCc1ccc(-c2ccc3c(c2Br)C(C)=CC3)cc1.